The van der Waals surface area contributed by atoms with Gasteiger partial charge in [0.15, 0.2) is 0 Å². The summed E-state index contributed by atoms with van der Waals surface area (Å²) >= 11 is 0. The Balaban J connectivity index is 2.14. The Labute approximate surface area is 134 Å². The fraction of sp³-hybridized carbons (Fsp3) is 0.167. The first-order valence-corrected chi connectivity index (χ1v) is 7.27. The van der Waals surface area contributed by atoms with Crippen LogP contribution in [0.2, 0.25) is 0 Å². The van der Waals surface area contributed by atoms with Crippen molar-refractivity contribution < 1.29 is 14.7 Å². The highest BCUT2D eigenvalue weighted by Crippen LogP contribution is 2.07. The molecule has 0 unspecified atom stereocenters. The number of benzene rings is 2. The van der Waals surface area contributed by atoms with E-state index in [0.29, 0.717) is 11.3 Å². The maximum atomic E-state index is 12.1. The SMILES string of the molecule is Cc1ccc(C(=O)NN=C(CCC(=O)O)c2ccccc2)cc1. The largest absolute Gasteiger partial charge is 0.481 e. The lowest BCUT2D eigenvalue weighted by molar-refractivity contribution is -0.136. The molecule has 2 aromatic rings. The van der Waals surface area contributed by atoms with Gasteiger partial charge in [0, 0.05) is 12.0 Å². The molecule has 2 rings (SSSR count). The second-order valence-electron chi connectivity index (χ2n) is 5.13. The summed E-state index contributed by atoms with van der Waals surface area (Å²) in [5.41, 5.74) is 5.39. The second-order valence-corrected chi connectivity index (χ2v) is 5.13. The zero-order valence-electron chi connectivity index (χ0n) is 12.8. The topological polar surface area (TPSA) is 78.8 Å². The highest BCUT2D eigenvalue weighted by atomic mass is 16.4. The van der Waals surface area contributed by atoms with Crippen LogP contribution >= 0.6 is 0 Å². The molecule has 0 saturated heterocycles. The molecule has 5 heteroatoms. The van der Waals surface area contributed by atoms with Crippen molar-refractivity contribution >= 4 is 17.6 Å². The maximum Gasteiger partial charge on any atom is 0.303 e. The number of carboxylic acids is 1. The van der Waals surface area contributed by atoms with Gasteiger partial charge in [-0.1, -0.05) is 48.0 Å². The number of nitrogens with zero attached hydrogens (tertiary/aromatic N) is 1. The Kier molecular flexibility index (Phi) is 5.63. The lowest BCUT2D eigenvalue weighted by Crippen LogP contribution is -2.20. The van der Waals surface area contributed by atoms with Crippen molar-refractivity contribution in [1.82, 2.24) is 5.43 Å². The van der Waals surface area contributed by atoms with Gasteiger partial charge in [-0.3, -0.25) is 9.59 Å². The average molecular weight is 310 g/mol. The van der Waals surface area contributed by atoms with Gasteiger partial charge in [-0.25, -0.2) is 5.43 Å². The summed E-state index contributed by atoms with van der Waals surface area (Å²) in [4.78, 5) is 22.9. The molecule has 23 heavy (non-hydrogen) atoms. The summed E-state index contributed by atoms with van der Waals surface area (Å²) in [7, 11) is 0. The molecule has 2 N–H and O–H groups in total. The van der Waals surface area contributed by atoms with Crippen molar-refractivity contribution in [3.8, 4) is 0 Å². The van der Waals surface area contributed by atoms with E-state index in [1.165, 1.54) is 0 Å². The van der Waals surface area contributed by atoms with Crippen LogP contribution in [0.5, 0.6) is 0 Å². The summed E-state index contributed by atoms with van der Waals surface area (Å²) in [5.74, 6) is -1.23. The van der Waals surface area contributed by atoms with E-state index < -0.39 is 5.97 Å². The van der Waals surface area contributed by atoms with Gasteiger partial charge in [0.25, 0.3) is 5.91 Å². The van der Waals surface area contributed by atoms with E-state index in [1.54, 1.807) is 12.1 Å². The first kappa shape index (κ1) is 16.4. The van der Waals surface area contributed by atoms with Crippen LogP contribution in [0.3, 0.4) is 0 Å². The average Bonchev–Trinajstić information content (AvgIpc) is 2.56. The van der Waals surface area contributed by atoms with Gasteiger partial charge < -0.3 is 5.11 Å². The number of hydrogen-bond donors (Lipinski definition) is 2. The number of aryl methyl sites for hydroxylation is 1. The van der Waals surface area contributed by atoms with Crippen LogP contribution in [0, 0.1) is 6.92 Å². The molecule has 5 nitrogen and oxygen atoms in total. The van der Waals surface area contributed by atoms with E-state index in [1.807, 2.05) is 49.4 Å². The number of hydrazone groups is 1. The zero-order valence-corrected chi connectivity index (χ0v) is 12.8. The standard InChI is InChI=1S/C18H18N2O3/c1-13-7-9-15(10-8-13)18(23)20-19-16(11-12-17(21)22)14-5-3-2-4-6-14/h2-10H,11-12H2,1H3,(H,20,23)(H,21,22). The molecule has 0 aliphatic carbocycles. The summed E-state index contributed by atoms with van der Waals surface area (Å²) < 4.78 is 0. The Morgan fingerprint density at radius 1 is 0.957 bits per heavy atom. The van der Waals surface area contributed by atoms with Gasteiger partial charge in [0.2, 0.25) is 0 Å². The number of carbonyl (C=O) groups excluding carboxylic acids is 1. The quantitative estimate of drug-likeness (QED) is 0.636. The van der Waals surface area contributed by atoms with Crippen LogP contribution in [0.1, 0.15) is 34.3 Å². The van der Waals surface area contributed by atoms with Gasteiger partial charge in [0.1, 0.15) is 0 Å². The second kappa shape index (κ2) is 7.89. The first-order chi connectivity index (χ1) is 11.1. The Bertz CT molecular complexity index is 707. The molecule has 0 fully saturated rings. The predicted molar refractivity (Wildman–Crippen MR) is 88.5 cm³/mol. The number of nitrogens with one attached hydrogen (secondary N) is 1. The van der Waals surface area contributed by atoms with Crippen LogP contribution in [0.15, 0.2) is 59.7 Å². The van der Waals surface area contributed by atoms with Crippen molar-refractivity contribution in [2.45, 2.75) is 19.8 Å². The Hall–Kier alpha value is -2.95. The van der Waals surface area contributed by atoms with Crippen molar-refractivity contribution in [2.75, 3.05) is 0 Å². The van der Waals surface area contributed by atoms with E-state index in [9.17, 15) is 9.59 Å². The summed E-state index contributed by atoms with van der Waals surface area (Å²) in [6.07, 6.45) is 0.196. The van der Waals surface area contributed by atoms with E-state index in [4.69, 9.17) is 5.11 Å². The molecule has 0 heterocycles. The molecular formula is C18H18N2O3. The van der Waals surface area contributed by atoms with Gasteiger partial charge in [-0.05, 0) is 24.6 Å². The molecule has 0 bridgehead atoms. The molecule has 2 aromatic carbocycles. The van der Waals surface area contributed by atoms with Crippen LogP contribution in [-0.2, 0) is 4.79 Å². The molecule has 0 spiro atoms. The van der Waals surface area contributed by atoms with E-state index in [0.717, 1.165) is 11.1 Å². The Morgan fingerprint density at radius 2 is 1.61 bits per heavy atom. The van der Waals surface area contributed by atoms with Crippen LogP contribution in [0.4, 0.5) is 0 Å². The van der Waals surface area contributed by atoms with Gasteiger partial charge in [-0.2, -0.15) is 5.10 Å². The lowest BCUT2D eigenvalue weighted by Gasteiger charge is -2.07. The number of carboxylic acid groups (broad SMARTS) is 1. The minimum absolute atomic E-state index is 0.0475. The first-order valence-electron chi connectivity index (χ1n) is 7.27. The number of rotatable bonds is 6. The van der Waals surface area contributed by atoms with Crippen molar-refractivity contribution in [2.24, 2.45) is 5.10 Å². The molecule has 0 atom stereocenters. The Morgan fingerprint density at radius 3 is 2.22 bits per heavy atom. The maximum absolute atomic E-state index is 12.1. The third-order valence-corrected chi connectivity index (χ3v) is 3.29. The molecular weight excluding hydrogens is 292 g/mol. The predicted octanol–water partition coefficient (Wildman–Crippen LogP) is 2.99. The van der Waals surface area contributed by atoms with Crippen molar-refractivity contribution in [3.05, 3.63) is 71.3 Å². The number of aliphatic carboxylic acids is 1. The highest BCUT2D eigenvalue weighted by molar-refractivity contribution is 6.03. The molecule has 0 aliphatic heterocycles. The van der Waals surface area contributed by atoms with Gasteiger partial charge in [-0.15, -0.1) is 0 Å². The van der Waals surface area contributed by atoms with Crippen LogP contribution in [0.25, 0.3) is 0 Å². The summed E-state index contributed by atoms with van der Waals surface area (Å²) in [6.45, 7) is 1.94. The molecule has 0 saturated carbocycles. The number of amides is 1. The molecule has 1 amide bonds. The van der Waals surface area contributed by atoms with Crippen molar-refractivity contribution in [1.29, 1.82) is 0 Å². The minimum Gasteiger partial charge on any atom is -0.481 e. The summed E-state index contributed by atoms with van der Waals surface area (Å²) in [6, 6.07) is 16.4. The van der Waals surface area contributed by atoms with E-state index in [-0.39, 0.29) is 18.7 Å². The third-order valence-electron chi connectivity index (χ3n) is 3.29. The zero-order chi connectivity index (χ0) is 16.7. The van der Waals surface area contributed by atoms with E-state index >= 15 is 0 Å². The van der Waals surface area contributed by atoms with Gasteiger partial charge in [0.05, 0.1) is 12.1 Å². The highest BCUT2D eigenvalue weighted by Gasteiger charge is 2.09. The normalized spacial score (nSPS) is 11.1. The van der Waals surface area contributed by atoms with E-state index in [2.05, 4.69) is 10.5 Å². The summed E-state index contributed by atoms with van der Waals surface area (Å²) in [5, 5.41) is 13.0. The molecule has 0 aromatic heterocycles. The fourth-order valence-corrected chi connectivity index (χ4v) is 2.01. The minimum atomic E-state index is -0.904. The number of carbonyl (C=O) groups is 2. The fourth-order valence-electron chi connectivity index (χ4n) is 2.01. The van der Waals surface area contributed by atoms with Gasteiger partial charge >= 0.3 is 5.97 Å². The molecule has 118 valence electrons. The smallest absolute Gasteiger partial charge is 0.303 e. The molecule has 0 aliphatic rings. The van der Waals surface area contributed by atoms with Crippen LogP contribution in [-0.4, -0.2) is 22.7 Å². The van der Waals surface area contributed by atoms with Crippen molar-refractivity contribution in [3.63, 3.8) is 0 Å². The molecule has 0 radical (unpaired) electrons. The lowest BCUT2D eigenvalue weighted by atomic mass is 10.1. The van der Waals surface area contributed by atoms with Crippen LogP contribution < -0.4 is 5.43 Å². The third kappa shape index (κ3) is 5.07. The monoisotopic (exact) mass is 310 g/mol. The number of hydrogen-bond acceptors (Lipinski definition) is 3.